The summed E-state index contributed by atoms with van der Waals surface area (Å²) in [6.07, 6.45) is 3.67. The lowest BCUT2D eigenvalue weighted by Crippen LogP contribution is -2.42. The van der Waals surface area contributed by atoms with Gasteiger partial charge >= 0.3 is 5.97 Å². The molecule has 7 nitrogen and oxygen atoms in total. The van der Waals surface area contributed by atoms with E-state index in [0.717, 1.165) is 16.7 Å². The van der Waals surface area contributed by atoms with Crippen molar-refractivity contribution in [2.45, 2.75) is 12.5 Å². The maximum absolute atomic E-state index is 13.2. The molecule has 3 aromatic rings. The van der Waals surface area contributed by atoms with E-state index >= 15 is 0 Å². The van der Waals surface area contributed by atoms with Crippen molar-refractivity contribution >= 4 is 11.9 Å². The number of hydrogen-bond acceptors (Lipinski definition) is 6. The summed E-state index contributed by atoms with van der Waals surface area (Å²) in [6, 6.07) is 16.5. The third kappa shape index (κ3) is 4.27. The molecule has 164 valence electrons. The number of aromatic nitrogens is 1. The van der Waals surface area contributed by atoms with Gasteiger partial charge in [0.05, 0.1) is 25.8 Å². The van der Waals surface area contributed by atoms with Crippen LogP contribution >= 0.6 is 0 Å². The maximum Gasteiger partial charge on any atom is 0.338 e. The number of esters is 1. The molecule has 0 saturated heterocycles. The summed E-state index contributed by atoms with van der Waals surface area (Å²) in [5.41, 5.74) is 3.38. The van der Waals surface area contributed by atoms with Gasteiger partial charge in [-0.05, 0) is 47.4 Å². The highest BCUT2D eigenvalue weighted by atomic mass is 16.5. The van der Waals surface area contributed by atoms with Gasteiger partial charge in [0.25, 0.3) is 5.91 Å². The highest BCUT2D eigenvalue weighted by molar-refractivity contribution is 5.91. The minimum Gasteiger partial charge on any atom is -0.493 e. The Morgan fingerprint density at radius 1 is 1.00 bits per heavy atom. The number of pyridine rings is 1. The van der Waals surface area contributed by atoms with Gasteiger partial charge in [-0.1, -0.05) is 30.3 Å². The smallest absolute Gasteiger partial charge is 0.338 e. The molecule has 2 heterocycles. The topological polar surface area (TPSA) is 78.0 Å². The van der Waals surface area contributed by atoms with Crippen LogP contribution in [0.15, 0.2) is 67.0 Å². The molecule has 0 radical (unpaired) electrons. The summed E-state index contributed by atoms with van der Waals surface area (Å²) in [5, 5.41) is 0. The first kappa shape index (κ1) is 21.4. The van der Waals surface area contributed by atoms with E-state index in [1.54, 1.807) is 31.3 Å². The summed E-state index contributed by atoms with van der Waals surface area (Å²) in [5.74, 6) is 0.442. The second-order valence-corrected chi connectivity index (χ2v) is 7.37. The number of amides is 1. The highest BCUT2D eigenvalue weighted by Crippen LogP contribution is 2.41. The van der Waals surface area contributed by atoms with Crippen molar-refractivity contribution in [2.24, 2.45) is 0 Å². The summed E-state index contributed by atoms with van der Waals surface area (Å²) >= 11 is 0. The van der Waals surface area contributed by atoms with Gasteiger partial charge in [0, 0.05) is 18.9 Å². The predicted molar refractivity (Wildman–Crippen MR) is 118 cm³/mol. The summed E-state index contributed by atoms with van der Waals surface area (Å²) < 4.78 is 16.3. The molecule has 0 spiro atoms. The molecule has 1 unspecified atom stereocenters. The highest BCUT2D eigenvalue weighted by Gasteiger charge is 2.33. The molecule has 1 aliphatic rings. The van der Waals surface area contributed by atoms with Gasteiger partial charge in [0.1, 0.15) is 0 Å². The van der Waals surface area contributed by atoms with Crippen LogP contribution in [-0.2, 0) is 16.0 Å². The Labute approximate surface area is 186 Å². The molecule has 0 saturated carbocycles. The first-order chi connectivity index (χ1) is 15.6. The Morgan fingerprint density at radius 3 is 2.38 bits per heavy atom. The van der Waals surface area contributed by atoms with E-state index in [-0.39, 0.29) is 18.6 Å². The van der Waals surface area contributed by atoms with Crippen molar-refractivity contribution in [3.8, 4) is 11.5 Å². The molecule has 2 aromatic carbocycles. The van der Waals surface area contributed by atoms with Crippen LogP contribution in [0, 0.1) is 0 Å². The number of hydrogen-bond donors (Lipinski definition) is 0. The molecule has 1 atom stereocenters. The minimum absolute atomic E-state index is 0.262. The van der Waals surface area contributed by atoms with Crippen LogP contribution in [-0.4, -0.2) is 49.1 Å². The first-order valence-corrected chi connectivity index (χ1v) is 10.3. The minimum atomic E-state index is -0.555. The van der Waals surface area contributed by atoms with E-state index in [4.69, 9.17) is 14.2 Å². The van der Waals surface area contributed by atoms with Crippen molar-refractivity contribution in [3.05, 3.63) is 89.2 Å². The number of rotatable bonds is 6. The number of nitrogens with zero attached hydrogens (tertiary/aromatic N) is 2. The average Bonchev–Trinajstić information content (AvgIpc) is 2.86. The molecule has 0 aliphatic carbocycles. The third-order valence-corrected chi connectivity index (χ3v) is 5.55. The fourth-order valence-corrected chi connectivity index (χ4v) is 3.99. The zero-order valence-electron chi connectivity index (χ0n) is 18.0. The predicted octanol–water partition coefficient (Wildman–Crippen LogP) is 3.43. The van der Waals surface area contributed by atoms with Crippen LogP contribution in [0.4, 0.5) is 0 Å². The average molecular weight is 432 g/mol. The fraction of sp³-hybridized carbons (Fsp3) is 0.240. The van der Waals surface area contributed by atoms with Crippen molar-refractivity contribution in [2.75, 3.05) is 27.4 Å². The molecule has 1 aromatic heterocycles. The van der Waals surface area contributed by atoms with Gasteiger partial charge in [-0.25, -0.2) is 4.79 Å². The second kappa shape index (κ2) is 9.51. The zero-order valence-corrected chi connectivity index (χ0v) is 18.0. The van der Waals surface area contributed by atoms with Gasteiger partial charge in [0.15, 0.2) is 18.1 Å². The lowest BCUT2D eigenvalue weighted by molar-refractivity contribution is -0.136. The molecular formula is C25H24N2O5. The number of ether oxygens (including phenoxy) is 3. The second-order valence-electron chi connectivity index (χ2n) is 7.37. The van der Waals surface area contributed by atoms with Gasteiger partial charge in [-0.15, -0.1) is 0 Å². The summed E-state index contributed by atoms with van der Waals surface area (Å²) in [4.78, 5) is 31.1. The first-order valence-electron chi connectivity index (χ1n) is 10.3. The largest absolute Gasteiger partial charge is 0.493 e. The van der Waals surface area contributed by atoms with E-state index in [1.165, 1.54) is 12.4 Å². The van der Waals surface area contributed by atoms with Crippen molar-refractivity contribution < 1.29 is 23.8 Å². The molecule has 1 aliphatic heterocycles. The fourth-order valence-electron chi connectivity index (χ4n) is 3.99. The monoisotopic (exact) mass is 432 g/mol. The SMILES string of the molecule is COc1cc2c(cc1OC)C(c1ccccc1)N(C(=O)COC(=O)c1ccncc1)CC2. The van der Waals surface area contributed by atoms with Crippen molar-refractivity contribution in [1.29, 1.82) is 0 Å². The Kier molecular flexibility index (Phi) is 6.35. The number of carbonyl (C=O) groups is 2. The van der Waals surface area contributed by atoms with Crippen LogP contribution in [0.3, 0.4) is 0 Å². The molecule has 7 heteroatoms. The Balaban J connectivity index is 1.63. The van der Waals surface area contributed by atoms with E-state index < -0.39 is 5.97 Å². The van der Waals surface area contributed by atoms with E-state index in [9.17, 15) is 9.59 Å². The van der Waals surface area contributed by atoms with Crippen LogP contribution in [0.2, 0.25) is 0 Å². The maximum atomic E-state index is 13.2. The Hall–Kier alpha value is -3.87. The third-order valence-electron chi connectivity index (χ3n) is 5.55. The van der Waals surface area contributed by atoms with Gasteiger partial charge in [0.2, 0.25) is 0 Å². The molecule has 32 heavy (non-hydrogen) atoms. The molecule has 0 N–H and O–H groups in total. The van der Waals surface area contributed by atoms with E-state index in [0.29, 0.717) is 30.0 Å². The standard InChI is InChI=1S/C25H24N2O5/c1-30-21-14-19-10-13-27(23(28)16-32-25(29)18-8-11-26-12-9-18)24(17-6-4-3-5-7-17)20(19)15-22(21)31-2/h3-9,11-12,14-15,24H,10,13,16H2,1-2H3. The lowest BCUT2D eigenvalue weighted by Gasteiger charge is -2.38. The number of benzene rings is 2. The Morgan fingerprint density at radius 2 is 1.69 bits per heavy atom. The van der Waals surface area contributed by atoms with Crippen molar-refractivity contribution in [1.82, 2.24) is 9.88 Å². The van der Waals surface area contributed by atoms with Gasteiger partial charge < -0.3 is 19.1 Å². The van der Waals surface area contributed by atoms with Crippen LogP contribution in [0.25, 0.3) is 0 Å². The van der Waals surface area contributed by atoms with Crippen LogP contribution in [0.5, 0.6) is 11.5 Å². The Bertz CT molecular complexity index is 1100. The molecule has 1 amide bonds. The van der Waals surface area contributed by atoms with Crippen molar-refractivity contribution in [3.63, 3.8) is 0 Å². The summed E-state index contributed by atoms with van der Waals surface area (Å²) in [6.45, 7) is 0.154. The molecule has 0 fully saturated rings. The number of carbonyl (C=O) groups excluding carboxylic acids is 2. The van der Waals surface area contributed by atoms with Crippen LogP contribution in [0.1, 0.15) is 33.1 Å². The number of methoxy groups -OCH3 is 2. The lowest BCUT2D eigenvalue weighted by atomic mass is 9.87. The van der Waals surface area contributed by atoms with E-state index in [1.807, 2.05) is 42.5 Å². The van der Waals surface area contributed by atoms with Gasteiger partial charge in [-0.2, -0.15) is 0 Å². The normalized spacial score (nSPS) is 14.9. The quantitative estimate of drug-likeness (QED) is 0.556. The van der Waals surface area contributed by atoms with Crippen LogP contribution < -0.4 is 9.47 Å². The molecular weight excluding hydrogens is 408 g/mol. The zero-order chi connectivity index (χ0) is 22.5. The number of fused-ring (bicyclic) bond motifs is 1. The molecule has 0 bridgehead atoms. The van der Waals surface area contributed by atoms with E-state index in [2.05, 4.69) is 4.98 Å². The van der Waals surface area contributed by atoms with Gasteiger partial charge in [-0.3, -0.25) is 9.78 Å². The summed E-state index contributed by atoms with van der Waals surface area (Å²) in [7, 11) is 3.20. The molecule has 4 rings (SSSR count).